The predicted molar refractivity (Wildman–Crippen MR) is 130 cm³/mol. The number of aromatic nitrogens is 3. The summed E-state index contributed by atoms with van der Waals surface area (Å²) in [5.74, 6) is 0.542. The van der Waals surface area contributed by atoms with Crippen molar-refractivity contribution >= 4 is 51.6 Å². The number of rotatable bonds is 9. The van der Waals surface area contributed by atoms with Gasteiger partial charge in [0, 0.05) is 36.4 Å². The van der Waals surface area contributed by atoms with Crippen LogP contribution in [0.5, 0.6) is 0 Å². The van der Waals surface area contributed by atoms with Crippen molar-refractivity contribution < 1.29 is 18.8 Å². The SMILES string of the molecule is COOSCCN(Cc1cccc(-c2nc3c(SC)ncnc3s2)c1)C(=O)OC(C)(C)C. The number of thiazole rings is 1. The molecule has 32 heavy (non-hydrogen) atoms. The van der Waals surface area contributed by atoms with E-state index >= 15 is 0 Å². The van der Waals surface area contributed by atoms with Gasteiger partial charge in [-0.2, -0.15) is 4.33 Å². The molecule has 11 heteroatoms. The Morgan fingerprint density at radius 3 is 2.78 bits per heavy atom. The lowest BCUT2D eigenvalue weighted by Gasteiger charge is -2.27. The van der Waals surface area contributed by atoms with Crippen LogP contribution < -0.4 is 0 Å². The Labute approximate surface area is 200 Å². The van der Waals surface area contributed by atoms with E-state index in [0.29, 0.717) is 18.8 Å². The fourth-order valence-electron chi connectivity index (χ4n) is 2.82. The van der Waals surface area contributed by atoms with Crippen molar-refractivity contribution in [3.63, 3.8) is 0 Å². The van der Waals surface area contributed by atoms with Crippen LogP contribution in [0.25, 0.3) is 20.9 Å². The summed E-state index contributed by atoms with van der Waals surface area (Å²) in [6.45, 7) is 6.40. The lowest BCUT2D eigenvalue weighted by atomic mass is 10.1. The first-order valence-electron chi connectivity index (χ1n) is 9.86. The highest BCUT2D eigenvalue weighted by Crippen LogP contribution is 2.32. The van der Waals surface area contributed by atoms with Crippen LogP contribution in [0.2, 0.25) is 0 Å². The number of nitrogens with zero attached hydrogens (tertiary/aromatic N) is 4. The molecule has 0 N–H and O–H groups in total. The highest BCUT2D eigenvalue weighted by atomic mass is 32.2. The molecule has 1 aromatic carbocycles. The molecule has 0 aliphatic heterocycles. The lowest BCUT2D eigenvalue weighted by molar-refractivity contribution is -0.160. The van der Waals surface area contributed by atoms with Gasteiger partial charge in [-0.05, 0) is 38.7 Å². The van der Waals surface area contributed by atoms with E-state index in [1.165, 1.54) is 18.4 Å². The third-order valence-corrected chi connectivity index (χ3v) is 6.39. The Kier molecular flexibility index (Phi) is 8.72. The highest BCUT2D eigenvalue weighted by molar-refractivity contribution is 7.98. The zero-order chi connectivity index (χ0) is 23.1. The Morgan fingerprint density at radius 1 is 1.25 bits per heavy atom. The molecule has 0 saturated heterocycles. The third-order valence-electron chi connectivity index (χ3n) is 4.11. The monoisotopic (exact) mass is 494 g/mol. The van der Waals surface area contributed by atoms with Crippen LogP contribution in [0.15, 0.2) is 35.6 Å². The average Bonchev–Trinajstić information content (AvgIpc) is 3.19. The summed E-state index contributed by atoms with van der Waals surface area (Å²) >= 11 is 4.22. The third kappa shape index (κ3) is 6.79. The van der Waals surface area contributed by atoms with Crippen LogP contribution in [0.3, 0.4) is 0 Å². The first-order valence-corrected chi connectivity index (χ1v) is 12.8. The van der Waals surface area contributed by atoms with Gasteiger partial charge in [-0.15, -0.1) is 11.8 Å². The molecule has 172 valence electrons. The highest BCUT2D eigenvalue weighted by Gasteiger charge is 2.22. The molecule has 8 nitrogen and oxygen atoms in total. The van der Waals surface area contributed by atoms with Gasteiger partial charge in [0.25, 0.3) is 0 Å². The number of hydrogen-bond acceptors (Lipinski definition) is 10. The second-order valence-corrected chi connectivity index (χ2v) is 10.3. The number of carbonyl (C=O) groups excluding carboxylic acids is 1. The van der Waals surface area contributed by atoms with E-state index in [4.69, 9.17) is 14.1 Å². The minimum Gasteiger partial charge on any atom is -0.444 e. The Hall–Kier alpha value is -1.92. The molecule has 3 aromatic rings. The van der Waals surface area contributed by atoms with E-state index < -0.39 is 5.60 Å². The Bertz CT molecular complexity index is 1050. The number of ether oxygens (including phenoxy) is 1. The smallest absolute Gasteiger partial charge is 0.410 e. The zero-order valence-corrected chi connectivity index (χ0v) is 21.1. The van der Waals surface area contributed by atoms with Crippen LogP contribution in [0, 0.1) is 0 Å². The van der Waals surface area contributed by atoms with E-state index in [9.17, 15) is 4.79 Å². The van der Waals surface area contributed by atoms with E-state index in [1.807, 2.05) is 51.3 Å². The van der Waals surface area contributed by atoms with Crippen LogP contribution in [0.4, 0.5) is 4.79 Å². The van der Waals surface area contributed by atoms with Crippen molar-refractivity contribution in [1.29, 1.82) is 0 Å². The Balaban J connectivity index is 1.81. The molecule has 0 atom stereocenters. The lowest BCUT2D eigenvalue weighted by Crippen LogP contribution is -2.37. The minimum atomic E-state index is -0.579. The number of hydrogen-bond donors (Lipinski definition) is 0. The van der Waals surface area contributed by atoms with Gasteiger partial charge in [-0.1, -0.05) is 29.5 Å². The summed E-state index contributed by atoms with van der Waals surface area (Å²) < 4.78 is 10.4. The summed E-state index contributed by atoms with van der Waals surface area (Å²) in [5.41, 5.74) is 2.18. The summed E-state index contributed by atoms with van der Waals surface area (Å²) in [7, 11) is 1.44. The molecule has 2 heterocycles. The fourth-order valence-corrected chi connectivity index (χ4v) is 4.74. The minimum absolute atomic E-state index is 0.374. The molecule has 0 bridgehead atoms. The maximum Gasteiger partial charge on any atom is 0.410 e. The molecular weight excluding hydrogens is 468 g/mol. The summed E-state index contributed by atoms with van der Waals surface area (Å²) in [6.07, 6.45) is 3.17. The number of carbonyl (C=O) groups is 1. The van der Waals surface area contributed by atoms with Gasteiger partial charge < -0.3 is 9.64 Å². The Morgan fingerprint density at radius 2 is 2.06 bits per heavy atom. The van der Waals surface area contributed by atoms with Gasteiger partial charge in [0.2, 0.25) is 0 Å². The van der Waals surface area contributed by atoms with Crippen LogP contribution in [-0.4, -0.2) is 57.2 Å². The molecule has 0 spiro atoms. The second-order valence-electron chi connectivity index (χ2n) is 7.71. The zero-order valence-electron chi connectivity index (χ0n) is 18.7. The summed E-state index contributed by atoms with van der Waals surface area (Å²) in [6, 6.07) is 8.00. The summed E-state index contributed by atoms with van der Waals surface area (Å²) in [5, 5.41) is 1.73. The topological polar surface area (TPSA) is 86.7 Å². The molecule has 0 unspecified atom stereocenters. The van der Waals surface area contributed by atoms with E-state index in [0.717, 1.165) is 43.6 Å². The number of fused-ring (bicyclic) bond motifs is 1. The normalized spacial score (nSPS) is 11.7. The van der Waals surface area contributed by atoms with Gasteiger partial charge in [0.15, 0.2) is 0 Å². The average molecular weight is 495 g/mol. The molecule has 0 aliphatic carbocycles. The number of benzene rings is 1. The number of thioether (sulfide) groups is 1. The van der Waals surface area contributed by atoms with E-state index in [1.54, 1.807) is 23.0 Å². The first kappa shape index (κ1) is 24.7. The number of amides is 1. The van der Waals surface area contributed by atoms with E-state index in [2.05, 4.69) is 14.9 Å². The molecule has 0 fully saturated rings. The maximum absolute atomic E-state index is 12.8. The molecule has 1 amide bonds. The summed E-state index contributed by atoms with van der Waals surface area (Å²) in [4.78, 5) is 33.3. The van der Waals surface area contributed by atoms with Crippen molar-refractivity contribution in [2.24, 2.45) is 0 Å². The van der Waals surface area contributed by atoms with Crippen molar-refractivity contribution in [2.45, 2.75) is 37.9 Å². The predicted octanol–water partition coefficient (Wildman–Crippen LogP) is 5.44. The quantitative estimate of drug-likeness (QED) is 0.0963. The van der Waals surface area contributed by atoms with Crippen molar-refractivity contribution in [1.82, 2.24) is 19.9 Å². The largest absolute Gasteiger partial charge is 0.444 e. The molecule has 0 saturated carbocycles. The molecular formula is C21H26N4O4S3. The standard InChI is InChI=1S/C21H26N4O4S3/c1-21(2,3)28-20(26)25(9-10-31-29-27-4)12-14-7-6-8-15(11-14)17-24-16-18(30-5)22-13-23-19(16)32-17/h6-8,11,13H,9-10,12H2,1-5H3. The van der Waals surface area contributed by atoms with Crippen molar-refractivity contribution in [3.8, 4) is 10.6 Å². The molecule has 3 rings (SSSR count). The van der Waals surface area contributed by atoms with Gasteiger partial charge in [0.05, 0.1) is 7.11 Å². The fraction of sp³-hybridized carbons (Fsp3) is 0.429. The maximum atomic E-state index is 12.8. The van der Waals surface area contributed by atoms with Crippen LogP contribution in [0.1, 0.15) is 26.3 Å². The van der Waals surface area contributed by atoms with Gasteiger partial charge in [-0.25, -0.2) is 24.6 Å². The van der Waals surface area contributed by atoms with Crippen LogP contribution >= 0.6 is 35.1 Å². The second kappa shape index (κ2) is 11.3. The van der Waals surface area contributed by atoms with Crippen LogP contribution in [-0.2, 0) is 20.5 Å². The first-order chi connectivity index (χ1) is 15.3. The molecule has 0 radical (unpaired) electrons. The van der Waals surface area contributed by atoms with Gasteiger partial charge >= 0.3 is 6.09 Å². The van der Waals surface area contributed by atoms with Gasteiger partial charge in [-0.3, -0.25) is 0 Å². The molecule has 2 aromatic heterocycles. The van der Waals surface area contributed by atoms with Crippen molar-refractivity contribution in [2.75, 3.05) is 25.7 Å². The van der Waals surface area contributed by atoms with Crippen molar-refractivity contribution in [3.05, 3.63) is 36.2 Å². The van der Waals surface area contributed by atoms with E-state index in [-0.39, 0.29) is 6.09 Å². The van der Waals surface area contributed by atoms with Gasteiger partial charge in [0.1, 0.15) is 32.3 Å². The molecule has 0 aliphatic rings.